The number of carbonyl (C=O) groups excluding carboxylic acids is 1. The van der Waals surface area contributed by atoms with Gasteiger partial charge in [0.15, 0.2) is 0 Å². The van der Waals surface area contributed by atoms with Gasteiger partial charge in [-0.3, -0.25) is 14.9 Å². The number of hydrogen-bond acceptors (Lipinski definition) is 7. The summed E-state index contributed by atoms with van der Waals surface area (Å²) < 4.78 is 50.4. The quantitative estimate of drug-likeness (QED) is 0.448. The maximum absolute atomic E-state index is 12.5. The fraction of sp³-hybridized carbons (Fsp3) is 0.455. The monoisotopic (exact) mass is 324 g/mol. The van der Waals surface area contributed by atoms with Crippen LogP contribution in [0.5, 0.6) is 11.6 Å². The van der Waals surface area contributed by atoms with Crippen LogP contribution in [-0.2, 0) is 16.0 Å². The summed E-state index contributed by atoms with van der Waals surface area (Å²) in [4.78, 5) is 24.7. The molecule has 1 aromatic heterocycles. The van der Waals surface area contributed by atoms with Crippen LogP contribution in [0.4, 0.5) is 18.9 Å². The molecule has 0 atom stereocenters. The van der Waals surface area contributed by atoms with Gasteiger partial charge in [-0.15, -0.1) is 13.2 Å². The molecular formula is C11H11F3N2O6. The molecule has 0 N–H and O–H groups in total. The summed E-state index contributed by atoms with van der Waals surface area (Å²) >= 11 is 0. The maximum atomic E-state index is 12.5. The van der Waals surface area contributed by atoms with Gasteiger partial charge in [0.2, 0.25) is 11.6 Å². The molecule has 0 unspecified atom stereocenters. The van der Waals surface area contributed by atoms with Crippen LogP contribution >= 0.6 is 0 Å². The van der Waals surface area contributed by atoms with E-state index in [0.29, 0.717) is 6.20 Å². The zero-order valence-corrected chi connectivity index (χ0v) is 11.5. The highest BCUT2D eigenvalue weighted by molar-refractivity contribution is 5.75. The number of hydrogen-bond donors (Lipinski definition) is 0. The Labute approximate surface area is 121 Å². The fourth-order valence-corrected chi connectivity index (χ4v) is 1.56. The Morgan fingerprint density at radius 2 is 2.09 bits per heavy atom. The minimum Gasteiger partial charge on any atom is -0.481 e. The molecule has 0 amide bonds. The molecule has 122 valence electrons. The number of aromatic nitrogens is 1. The van der Waals surface area contributed by atoms with Gasteiger partial charge in [-0.05, 0) is 6.92 Å². The zero-order valence-electron chi connectivity index (χ0n) is 11.5. The molecule has 0 bridgehead atoms. The number of pyridine rings is 1. The van der Waals surface area contributed by atoms with Crippen LogP contribution in [-0.4, -0.2) is 36.0 Å². The van der Waals surface area contributed by atoms with Crippen molar-refractivity contribution in [3.05, 3.63) is 21.9 Å². The molecule has 0 aromatic carbocycles. The first-order valence-electron chi connectivity index (χ1n) is 5.81. The van der Waals surface area contributed by atoms with Crippen molar-refractivity contribution in [2.24, 2.45) is 0 Å². The third-order valence-corrected chi connectivity index (χ3v) is 2.30. The summed E-state index contributed by atoms with van der Waals surface area (Å²) in [5.41, 5.74) is -1.56. The second-order valence-corrected chi connectivity index (χ2v) is 3.75. The fourth-order valence-electron chi connectivity index (χ4n) is 1.56. The van der Waals surface area contributed by atoms with Crippen LogP contribution in [0.15, 0.2) is 6.20 Å². The van der Waals surface area contributed by atoms with E-state index in [9.17, 15) is 28.1 Å². The Kier molecular flexibility index (Phi) is 5.49. The van der Waals surface area contributed by atoms with Crippen molar-refractivity contribution < 1.29 is 37.1 Å². The lowest BCUT2D eigenvalue weighted by Crippen LogP contribution is -2.20. The Hall–Kier alpha value is -2.59. The molecule has 11 heteroatoms. The number of ether oxygens (including phenoxy) is 3. The van der Waals surface area contributed by atoms with Gasteiger partial charge in [-0.25, -0.2) is 4.98 Å². The highest BCUT2D eigenvalue weighted by Gasteiger charge is 2.38. The number of carbonyl (C=O) groups is 1. The average molecular weight is 324 g/mol. The summed E-state index contributed by atoms with van der Waals surface area (Å²) in [6, 6.07) is 0. The van der Waals surface area contributed by atoms with Crippen LogP contribution in [0.1, 0.15) is 12.5 Å². The Morgan fingerprint density at radius 3 is 2.55 bits per heavy atom. The van der Waals surface area contributed by atoms with Crippen molar-refractivity contribution in [3.8, 4) is 11.6 Å². The second-order valence-electron chi connectivity index (χ2n) is 3.75. The van der Waals surface area contributed by atoms with Crippen LogP contribution in [0.3, 0.4) is 0 Å². The van der Waals surface area contributed by atoms with E-state index in [1.165, 1.54) is 6.92 Å². The SMILES string of the molecule is CCOC(=O)Cc1c(OC)ncc([N+](=O)[O-])c1OC(F)(F)F. The third-order valence-electron chi connectivity index (χ3n) is 2.30. The second kappa shape index (κ2) is 6.91. The Balaban J connectivity index is 3.42. The molecule has 8 nitrogen and oxygen atoms in total. The number of alkyl halides is 3. The largest absolute Gasteiger partial charge is 0.573 e. The molecular weight excluding hydrogens is 313 g/mol. The topological polar surface area (TPSA) is 101 Å². The van der Waals surface area contributed by atoms with Gasteiger partial charge >= 0.3 is 18.0 Å². The van der Waals surface area contributed by atoms with Crippen molar-refractivity contribution in [2.45, 2.75) is 19.7 Å². The van der Waals surface area contributed by atoms with E-state index in [1.54, 1.807) is 0 Å². The summed E-state index contributed by atoms with van der Waals surface area (Å²) in [6.07, 6.45) is -5.37. The minimum absolute atomic E-state index is 0.0149. The number of nitro groups is 1. The van der Waals surface area contributed by atoms with Gasteiger partial charge in [0, 0.05) is 0 Å². The molecule has 0 saturated heterocycles. The van der Waals surface area contributed by atoms with Crippen LogP contribution in [0.25, 0.3) is 0 Å². The van der Waals surface area contributed by atoms with E-state index >= 15 is 0 Å². The lowest BCUT2D eigenvalue weighted by atomic mass is 10.1. The molecule has 0 spiro atoms. The first kappa shape index (κ1) is 17.5. The van der Waals surface area contributed by atoms with Gasteiger partial charge in [0.25, 0.3) is 0 Å². The lowest BCUT2D eigenvalue weighted by molar-refractivity contribution is -0.389. The van der Waals surface area contributed by atoms with Gasteiger partial charge in [0.05, 0.1) is 30.6 Å². The van der Waals surface area contributed by atoms with Gasteiger partial charge in [-0.2, -0.15) is 0 Å². The molecule has 1 aromatic rings. The van der Waals surface area contributed by atoms with Crippen LogP contribution in [0, 0.1) is 10.1 Å². The van der Waals surface area contributed by atoms with E-state index in [4.69, 9.17) is 4.74 Å². The number of nitrogens with zero attached hydrogens (tertiary/aromatic N) is 2. The van der Waals surface area contributed by atoms with Gasteiger partial charge in [-0.1, -0.05) is 0 Å². The van der Waals surface area contributed by atoms with Crippen LogP contribution < -0.4 is 9.47 Å². The smallest absolute Gasteiger partial charge is 0.481 e. The van der Waals surface area contributed by atoms with E-state index in [1.807, 2.05) is 0 Å². The van der Waals surface area contributed by atoms with E-state index in [-0.39, 0.29) is 6.61 Å². The van der Waals surface area contributed by atoms with Gasteiger partial charge in [0.1, 0.15) is 6.20 Å². The Bertz CT molecular complexity index is 576. The highest BCUT2D eigenvalue weighted by Crippen LogP contribution is 2.39. The molecule has 0 aliphatic heterocycles. The molecule has 22 heavy (non-hydrogen) atoms. The normalized spacial score (nSPS) is 11.0. The Morgan fingerprint density at radius 1 is 1.45 bits per heavy atom. The van der Waals surface area contributed by atoms with Crippen molar-refractivity contribution >= 4 is 11.7 Å². The minimum atomic E-state index is -5.19. The van der Waals surface area contributed by atoms with E-state index in [0.717, 1.165) is 7.11 Å². The van der Waals surface area contributed by atoms with Crippen molar-refractivity contribution in [3.63, 3.8) is 0 Å². The molecule has 0 saturated carbocycles. The standard InChI is InChI=1S/C11H11F3N2O6/c1-3-21-8(17)4-6-9(22-11(12,13)14)7(16(18)19)5-15-10(6)20-2/h5H,3-4H2,1-2H3. The summed E-state index contributed by atoms with van der Waals surface area (Å²) in [5, 5.41) is 10.8. The van der Waals surface area contributed by atoms with Crippen molar-refractivity contribution in [1.29, 1.82) is 0 Å². The summed E-state index contributed by atoms with van der Waals surface area (Å²) in [5.74, 6) is -2.47. The van der Waals surface area contributed by atoms with Crippen molar-refractivity contribution in [2.75, 3.05) is 13.7 Å². The molecule has 0 radical (unpaired) electrons. The van der Waals surface area contributed by atoms with E-state index < -0.39 is 46.6 Å². The molecule has 1 heterocycles. The summed E-state index contributed by atoms with van der Waals surface area (Å²) in [7, 11) is 1.08. The number of esters is 1. The first-order valence-corrected chi connectivity index (χ1v) is 5.81. The van der Waals surface area contributed by atoms with Crippen molar-refractivity contribution in [1.82, 2.24) is 4.98 Å². The third kappa shape index (κ3) is 4.46. The zero-order chi connectivity index (χ0) is 16.9. The summed E-state index contributed by atoms with van der Waals surface area (Å²) in [6.45, 7) is 1.48. The molecule has 1 rings (SSSR count). The highest BCUT2D eigenvalue weighted by atomic mass is 19.4. The first-order chi connectivity index (χ1) is 10.2. The molecule has 0 fully saturated rings. The predicted octanol–water partition coefficient (Wildman–Crippen LogP) is 2.00. The average Bonchev–Trinajstić information content (AvgIpc) is 2.38. The maximum Gasteiger partial charge on any atom is 0.573 e. The predicted molar refractivity (Wildman–Crippen MR) is 64.5 cm³/mol. The lowest BCUT2D eigenvalue weighted by Gasteiger charge is -2.14. The van der Waals surface area contributed by atoms with E-state index in [2.05, 4.69) is 14.5 Å². The van der Waals surface area contributed by atoms with Crippen LogP contribution in [0.2, 0.25) is 0 Å². The molecule has 0 aliphatic rings. The number of rotatable bonds is 6. The molecule has 0 aliphatic carbocycles. The number of halogens is 3. The van der Waals surface area contributed by atoms with Gasteiger partial charge < -0.3 is 14.2 Å². The number of methoxy groups -OCH3 is 1.